The van der Waals surface area contributed by atoms with Gasteiger partial charge in [-0.25, -0.2) is 4.79 Å². The molecule has 2 N–H and O–H groups in total. The minimum Gasteiger partial charge on any atom is -0.480 e. The Morgan fingerprint density at radius 1 is 1.13 bits per heavy atom. The normalized spacial score (nSPS) is 13.5. The van der Waals surface area contributed by atoms with Crippen molar-refractivity contribution < 1.29 is 29.0 Å². The maximum absolute atomic E-state index is 11.8. The Labute approximate surface area is 141 Å². The number of nitrogens with one attached hydrogen (secondary N) is 1. The number of alkyl carbamates (subject to hydrolysis) is 1. The third-order valence-electron chi connectivity index (χ3n) is 3.02. The number of rotatable bonds is 10. The average molecular weight is 349 g/mol. The Hall–Kier alpha value is -1.44. The van der Waals surface area contributed by atoms with Gasteiger partial charge in [0.1, 0.15) is 5.25 Å². The molecule has 8 heteroatoms. The number of hydrogen-bond donors (Lipinski definition) is 2. The number of amides is 1. The molecule has 0 radical (unpaired) electrons. The number of hydrogen-bond acceptors (Lipinski definition) is 6. The molecule has 0 aromatic rings. The summed E-state index contributed by atoms with van der Waals surface area (Å²) < 4.78 is 9.91. The molecule has 0 saturated carbocycles. The van der Waals surface area contributed by atoms with Gasteiger partial charge in [0.25, 0.3) is 6.29 Å². The highest BCUT2D eigenvalue weighted by molar-refractivity contribution is 8.01. The lowest BCUT2D eigenvalue weighted by atomic mass is 10.2. The number of aliphatic carboxylic acids is 1. The lowest BCUT2D eigenvalue weighted by Gasteiger charge is -2.22. The van der Waals surface area contributed by atoms with Crippen molar-refractivity contribution in [2.75, 3.05) is 6.54 Å². The van der Waals surface area contributed by atoms with Crippen LogP contribution in [0.2, 0.25) is 0 Å². The topological polar surface area (TPSA) is 102 Å². The second kappa shape index (κ2) is 11.2. The number of ether oxygens (including phenoxy) is 2. The van der Waals surface area contributed by atoms with Crippen molar-refractivity contribution in [1.29, 1.82) is 0 Å². The molecule has 23 heavy (non-hydrogen) atoms. The fourth-order valence-electron chi connectivity index (χ4n) is 1.69. The van der Waals surface area contributed by atoms with E-state index in [0.717, 1.165) is 12.8 Å². The molecule has 0 aliphatic carbocycles. The molecule has 0 aliphatic rings. The maximum atomic E-state index is 11.8. The van der Waals surface area contributed by atoms with E-state index in [1.807, 2.05) is 13.8 Å². The first-order valence-corrected chi connectivity index (χ1v) is 8.65. The van der Waals surface area contributed by atoms with Gasteiger partial charge in [-0.1, -0.05) is 27.7 Å². The number of carbonyl (C=O) groups is 3. The molecular weight excluding hydrogens is 322 g/mol. The van der Waals surface area contributed by atoms with Crippen LogP contribution in [0.5, 0.6) is 0 Å². The highest BCUT2D eigenvalue weighted by Crippen LogP contribution is 2.23. The first-order valence-electron chi connectivity index (χ1n) is 7.71. The lowest BCUT2D eigenvalue weighted by Crippen LogP contribution is -2.39. The summed E-state index contributed by atoms with van der Waals surface area (Å²) in [6.07, 6.45) is -0.0852. The summed E-state index contributed by atoms with van der Waals surface area (Å²) in [5.74, 6) is -1.74. The summed E-state index contributed by atoms with van der Waals surface area (Å²) in [6, 6.07) is 0. The zero-order chi connectivity index (χ0) is 18.0. The molecule has 2 atom stereocenters. The Morgan fingerprint density at radius 3 is 2.09 bits per heavy atom. The minimum atomic E-state index is -0.998. The van der Waals surface area contributed by atoms with Crippen molar-refractivity contribution in [3.63, 3.8) is 0 Å². The Kier molecular flexibility index (Phi) is 10.5. The van der Waals surface area contributed by atoms with Crippen LogP contribution in [0.1, 0.15) is 47.5 Å². The van der Waals surface area contributed by atoms with Crippen molar-refractivity contribution in [3.8, 4) is 0 Å². The molecule has 0 spiro atoms. The second-order valence-electron chi connectivity index (χ2n) is 5.41. The number of carbonyl (C=O) groups excluding carboxylic acids is 2. The molecule has 0 unspecified atom stereocenters. The predicted molar refractivity (Wildman–Crippen MR) is 88.3 cm³/mol. The molecule has 134 valence electrons. The van der Waals surface area contributed by atoms with Crippen molar-refractivity contribution in [1.82, 2.24) is 5.32 Å². The van der Waals surface area contributed by atoms with Gasteiger partial charge in [0.2, 0.25) is 0 Å². The van der Waals surface area contributed by atoms with Crippen LogP contribution in [0.3, 0.4) is 0 Å². The van der Waals surface area contributed by atoms with Crippen LogP contribution in [-0.4, -0.2) is 46.5 Å². The van der Waals surface area contributed by atoms with Gasteiger partial charge >= 0.3 is 18.0 Å². The van der Waals surface area contributed by atoms with Crippen LogP contribution >= 0.6 is 11.8 Å². The molecule has 0 rings (SSSR count). The van der Waals surface area contributed by atoms with E-state index < -0.39 is 29.6 Å². The smallest absolute Gasteiger partial charge is 0.410 e. The third kappa shape index (κ3) is 9.32. The molecule has 1 amide bonds. The Balaban J connectivity index is 4.50. The largest absolute Gasteiger partial charge is 0.480 e. The summed E-state index contributed by atoms with van der Waals surface area (Å²) in [5, 5.41) is 11.1. The number of carboxylic acids is 1. The zero-order valence-electron chi connectivity index (χ0n) is 14.3. The van der Waals surface area contributed by atoms with E-state index in [0.29, 0.717) is 0 Å². The summed E-state index contributed by atoms with van der Waals surface area (Å²) in [6.45, 7) is 8.64. The van der Waals surface area contributed by atoms with Crippen LogP contribution in [0.25, 0.3) is 0 Å². The fraction of sp³-hybridized carbons (Fsp3) is 0.800. The molecule has 0 aromatic heterocycles. The highest BCUT2D eigenvalue weighted by atomic mass is 32.2. The van der Waals surface area contributed by atoms with Gasteiger partial charge in [-0.2, -0.15) is 0 Å². The van der Waals surface area contributed by atoms with Crippen LogP contribution in [0.15, 0.2) is 0 Å². The first kappa shape index (κ1) is 21.6. The Bertz CT molecular complexity index is 397. The van der Waals surface area contributed by atoms with E-state index in [9.17, 15) is 19.5 Å². The molecule has 0 fully saturated rings. The predicted octanol–water partition coefficient (Wildman–Crippen LogP) is 2.63. The van der Waals surface area contributed by atoms with Crippen molar-refractivity contribution >= 4 is 29.8 Å². The van der Waals surface area contributed by atoms with Crippen LogP contribution < -0.4 is 5.32 Å². The van der Waals surface area contributed by atoms with Crippen molar-refractivity contribution in [3.05, 3.63) is 0 Å². The molecule has 0 aliphatic heterocycles. The van der Waals surface area contributed by atoms with Gasteiger partial charge in [-0.3, -0.25) is 9.59 Å². The average Bonchev–Trinajstić information content (AvgIpc) is 2.45. The number of esters is 1. The van der Waals surface area contributed by atoms with Gasteiger partial charge in [0.05, 0.1) is 0 Å². The number of carboxylic acid groups (broad SMARTS) is 1. The van der Waals surface area contributed by atoms with Gasteiger partial charge in [-0.05, 0) is 12.8 Å². The van der Waals surface area contributed by atoms with E-state index in [1.165, 1.54) is 18.7 Å². The quantitative estimate of drug-likeness (QED) is 0.462. The summed E-state index contributed by atoms with van der Waals surface area (Å²) in [7, 11) is 0. The monoisotopic (exact) mass is 349 g/mol. The molecule has 0 bridgehead atoms. The van der Waals surface area contributed by atoms with E-state index in [1.54, 1.807) is 13.8 Å². The molecular formula is C15H27NO6S. The molecule has 0 aromatic carbocycles. The van der Waals surface area contributed by atoms with E-state index in [2.05, 4.69) is 5.32 Å². The SMILES string of the molecule is CCC(CC)S[C@@H](CNC(=O)O[C@H](OC(C)=O)C(C)C)C(=O)O. The summed E-state index contributed by atoms with van der Waals surface area (Å²) in [4.78, 5) is 34.0. The standard InChI is InChI=1S/C15H27NO6S/c1-6-11(7-2)23-12(13(18)19)8-16-15(20)22-14(9(3)4)21-10(5)17/h9,11-12,14H,6-8H2,1-5H3,(H,16,20)(H,18,19)/t12-,14-/m0/s1. The minimum absolute atomic E-state index is 0.0553. The number of thioether (sulfide) groups is 1. The maximum Gasteiger partial charge on any atom is 0.410 e. The van der Waals surface area contributed by atoms with E-state index in [-0.39, 0.29) is 17.7 Å². The fourth-order valence-corrected chi connectivity index (χ4v) is 2.84. The van der Waals surface area contributed by atoms with Gasteiger partial charge < -0.3 is 19.9 Å². The summed E-state index contributed by atoms with van der Waals surface area (Å²) in [5.41, 5.74) is 0. The molecule has 0 saturated heterocycles. The van der Waals surface area contributed by atoms with Gasteiger partial charge in [0, 0.05) is 24.6 Å². The van der Waals surface area contributed by atoms with E-state index in [4.69, 9.17) is 9.47 Å². The van der Waals surface area contributed by atoms with Crippen LogP contribution in [0, 0.1) is 5.92 Å². The summed E-state index contributed by atoms with van der Waals surface area (Å²) >= 11 is 1.32. The highest BCUT2D eigenvalue weighted by Gasteiger charge is 2.25. The third-order valence-corrected chi connectivity index (χ3v) is 4.77. The Morgan fingerprint density at radius 2 is 1.70 bits per heavy atom. The van der Waals surface area contributed by atoms with Gasteiger partial charge in [-0.15, -0.1) is 11.8 Å². The van der Waals surface area contributed by atoms with E-state index >= 15 is 0 Å². The lowest BCUT2D eigenvalue weighted by molar-refractivity contribution is -0.172. The first-order chi connectivity index (χ1) is 10.7. The van der Waals surface area contributed by atoms with Crippen molar-refractivity contribution in [2.45, 2.75) is 64.3 Å². The second-order valence-corrected chi connectivity index (χ2v) is 6.92. The molecule has 7 nitrogen and oxygen atoms in total. The van der Waals surface area contributed by atoms with Crippen LogP contribution in [0.4, 0.5) is 4.79 Å². The zero-order valence-corrected chi connectivity index (χ0v) is 15.1. The van der Waals surface area contributed by atoms with Crippen LogP contribution in [-0.2, 0) is 19.1 Å². The van der Waals surface area contributed by atoms with Crippen molar-refractivity contribution in [2.24, 2.45) is 5.92 Å². The van der Waals surface area contributed by atoms with Gasteiger partial charge in [0.15, 0.2) is 0 Å². The molecule has 0 heterocycles.